The molecule has 1 unspecified atom stereocenters. The van der Waals surface area contributed by atoms with Crippen molar-refractivity contribution in [1.82, 2.24) is 4.90 Å². The maximum Gasteiger partial charge on any atom is 0.0127 e. The molecule has 1 heterocycles. The Morgan fingerprint density at radius 3 is 2.17 bits per heavy atom. The highest BCUT2D eigenvalue weighted by Gasteiger charge is 2.48. The van der Waals surface area contributed by atoms with Crippen LogP contribution in [0.15, 0.2) is 0 Å². The first-order valence-electron chi connectivity index (χ1n) is 5.41. The van der Waals surface area contributed by atoms with E-state index in [1.165, 1.54) is 32.2 Å². The quantitative estimate of drug-likeness (QED) is 0.580. The molecule has 1 aliphatic carbocycles. The van der Waals surface area contributed by atoms with Gasteiger partial charge >= 0.3 is 0 Å². The average molecular weight is 167 g/mol. The summed E-state index contributed by atoms with van der Waals surface area (Å²) < 4.78 is 0. The summed E-state index contributed by atoms with van der Waals surface area (Å²) in [5, 5.41) is 0. The molecule has 12 heavy (non-hydrogen) atoms. The molecular weight excluding hydrogens is 146 g/mol. The summed E-state index contributed by atoms with van der Waals surface area (Å²) in [5.74, 6) is 0. The number of likely N-dealkylation sites (tertiary alicyclic amines) is 1. The third-order valence-corrected chi connectivity index (χ3v) is 4.26. The summed E-state index contributed by atoms with van der Waals surface area (Å²) in [6.07, 6.45) is 5.94. The molecule has 1 atom stereocenters. The third kappa shape index (κ3) is 1.02. The van der Waals surface area contributed by atoms with Crippen molar-refractivity contribution in [3.63, 3.8) is 0 Å². The lowest BCUT2D eigenvalue weighted by Gasteiger charge is -2.44. The summed E-state index contributed by atoms with van der Waals surface area (Å²) in [6, 6.07) is 1.60. The smallest absolute Gasteiger partial charge is 0.0127 e. The zero-order chi connectivity index (χ0) is 8.77. The maximum absolute atomic E-state index is 2.68. The molecule has 2 fully saturated rings. The van der Waals surface area contributed by atoms with Gasteiger partial charge in [-0.25, -0.2) is 0 Å². The maximum atomic E-state index is 2.68. The van der Waals surface area contributed by atoms with E-state index in [4.69, 9.17) is 0 Å². The van der Waals surface area contributed by atoms with Crippen LogP contribution in [0.5, 0.6) is 0 Å². The van der Waals surface area contributed by atoms with Crippen LogP contribution in [0, 0.1) is 5.41 Å². The molecule has 1 heteroatoms. The summed E-state index contributed by atoms with van der Waals surface area (Å²) in [7, 11) is 0. The van der Waals surface area contributed by atoms with Crippen LogP contribution in [0.4, 0.5) is 0 Å². The Balaban J connectivity index is 2.06. The Bertz CT molecular complexity index is 170. The number of hydrogen-bond acceptors (Lipinski definition) is 1. The molecule has 2 aliphatic rings. The average Bonchev–Trinajstić information content (AvgIpc) is 2.25. The molecule has 2 rings (SSSR count). The van der Waals surface area contributed by atoms with Crippen molar-refractivity contribution < 1.29 is 0 Å². The fourth-order valence-corrected chi connectivity index (χ4v) is 3.11. The fraction of sp³-hybridized carbons (Fsp3) is 1.00. The van der Waals surface area contributed by atoms with E-state index in [0.717, 1.165) is 17.5 Å². The SMILES string of the molecule is CC(C)N1CCC2(CCC2)C1C. The minimum atomic E-state index is 0.750. The van der Waals surface area contributed by atoms with Gasteiger partial charge in [-0.15, -0.1) is 0 Å². The van der Waals surface area contributed by atoms with Gasteiger partial charge in [-0.3, -0.25) is 4.90 Å². The Morgan fingerprint density at radius 2 is 1.92 bits per heavy atom. The van der Waals surface area contributed by atoms with E-state index in [0.29, 0.717) is 0 Å². The molecule has 0 amide bonds. The molecule has 70 valence electrons. The minimum Gasteiger partial charge on any atom is -0.298 e. The number of nitrogens with zero attached hydrogens (tertiary/aromatic N) is 1. The van der Waals surface area contributed by atoms with Gasteiger partial charge in [0.2, 0.25) is 0 Å². The number of hydrogen-bond donors (Lipinski definition) is 0. The second-order valence-corrected chi connectivity index (χ2v) is 4.97. The van der Waals surface area contributed by atoms with Gasteiger partial charge in [0, 0.05) is 12.1 Å². The molecule has 1 saturated carbocycles. The van der Waals surface area contributed by atoms with E-state index in [1.54, 1.807) is 0 Å². The molecule has 1 saturated heterocycles. The molecule has 0 aromatic heterocycles. The highest BCUT2D eigenvalue weighted by atomic mass is 15.2. The predicted octanol–water partition coefficient (Wildman–Crippen LogP) is 2.66. The first-order valence-corrected chi connectivity index (χ1v) is 5.41. The first-order chi connectivity index (χ1) is 5.66. The highest BCUT2D eigenvalue weighted by Crippen LogP contribution is 2.52. The summed E-state index contributed by atoms with van der Waals surface area (Å²) in [4.78, 5) is 2.68. The second-order valence-electron chi connectivity index (χ2n) is 4.97. The lowest BCUT2D eigenvalue weighted by Crippen LogP contribution is -2.44. The molecule has 0 aromatic carbocycles. The van der Waals surface area contributed by atoms with Crippen molar-refractivity contribution in [3.8, 4) is 0 Å². The molecule has 0 aromatic rings. The van der Waals surface area contributed by atoms with Gasteiger partial charge in [-0.05, 0) is 52.0 Å². The lowest BCUT2D eigenvalue weighted by atomic mass is 9.64. The van der Waals surface area contributed by atoms with Crippen LogP contribution in [0.25, 0.3) is 0 Å². The van der Waals surface area contributed by atoms with E-state index < -0.39 is 0 Å². The fourth-order valence-electron chi connectivity index (χ4n) is 3.11. The van der Waals surface area contributed by atoms with E-state index in [-0.39, 0.29) is 0 Å². The molecule has 1 spiro atoms. The molecule has 0 N–H and O–H groups in total. The molecule has 0 radical (unpaired) electrons. The van der Waals surface area contributed by atoms with Crippen molar-refractivity contribution in [2.24, 2.45) is 5.41 Å². The second kappa shape index (κ2) is 2.73. The summed E-state index contributed by atoms with van der Waals surface area (Å²) in [6.45, 7) is 8.44. The van der Waals surface area contributed by atoms with Crippen LogP contribution in [-0.4, -0.2) is 23.5 Å². The number of rotatable bonds is 1. The van der Waals surface area contributed by atoms with Gasteiger partial charge < -0.3 is 0 Å². The van der Waals surface area contributed by atoms with Crippen LogP contribution in [-0.2, 0) is 0 Å². The van der Waals surface area contributed by atoms with Gasteiger partial charge in [-0.1, -0.05) is 6.42 Å². The zero-order valence-corrected chi connectivity index (χ0v) is 8.64. The van der Waals surface area contributed by atoms with Crippen molar-refractivity contribution in [3.05, 3.63) is 0 Å². The van der Waals surface area contributed by atoms with Crippen LogP contribution in [0.2, 0.25) is 0 Å². The van der Waals surface area contributed by atoms with Gasteiger partial charge in [0.05, 0.1) is 0 Å². The van der Waals surface area contributed by atoms with Crippen molar-refractivity contribution in [2.75, 3.05) is 6.54 Å². The molecule has 1 aliphatic heterocycles. The highest BCUT2D eigenvalue weighted by molar-refractivity contribution is 5.02. The normalized spacial score (nSPS) is 34.5. The van der Waals surface area contributed by atoms with Crippen LogP contribution in [0.1, 0.15) is 46.5 Å². The first kappa shape index (κ1) is 8.55. The third-order valence-electron chi connectivity index (χ3n) is 4.26. The Kier molecular flexibility index (Phi) is 1.95. The van der Waals surface area contributed by atoms with Crippen LogP contribution < -0.4 is 0 Å². The Morgan fingerprint density at radius 1 is 1.25 bits per heavy atom. The van der Waals surface area contributed by atoms with Gasteiger partial charge in [0.1, 0.15) is 0 Å². The van der Waals surface area contributed by atoms with E-state index in [1.807, 2.05) is 0 Å². The summed E-state index contributed by atoms with van der Waals surface area (Å²) >= 11 is 0. The van der Waals surface area contributed by atoms with Gasteiger partial charge in [0.25, 0.3) is 0 Å². The minimum absolute atomic E-state index is 0.750. The zero-order valence-electron chi connectivity index (χ0n) is 8.64. The standard InChI is InChI=1S/C11H21N/c1-9(2)12-8-7-11(10(12)3)5-4-6-11/h9-10H,4-8H2,1-3H3. The van der Waals surface area contributed by atoms with Crippen LogP contribution in [0.3, 0.4) is 0 Å². The van der Waals surface area contributed by atoms with E-state index in [9.17, 15) is 0 Å². The van der Waals surface area contributed by atoms with E-state index in [2.05, 4.69) is 25.7 Å². The largest absolute Gasteiger partial charge is 0.298 e. The Hall–Kier alpha value is -0.0400. The molecule has 1 nitrogen and oxygen atoms in total. The monoisotopic (exact) mass is 167 g/mol. The summed E-state index contributed by atoms with van der Waals surface area (Å²) in [5.41, 5.74) is 0.754. The predicted molar refractivity (Wildman–Crippen MR) is 52.2 cm³/mol. The van der Waals surface area contributed by atoms with Crippen molar-refractivity contribution >= 4 is 0 Å². The molecule has 0 bridgehead atoms. The van der Waals surface area contributed by atoms with Gasteiger partial charge in [0.15, 0.2) is 0 Å². The van der Waals surface area contributed by atoms with Crippen molar-refractivity contribution in [1.29, 1.82) is 0 Å². The molecular formula is C11H21N. The van der Waals surface area contributed by atoms with Crippen LogP contribution >= 0.6 is 0 Å². The Labute approximate surface area is 76.1 Å². The van der Waals surface area contributed by atoms with Gasteiger partial charge in [-0.2, -0.15) is 0 Å². The van der Waals surface area contributed by atoms with E-state index >= 15 is 0 Å². The topological polar surface area (TPSA) is 3.24 Å². The lowest BCUT2D eigenvalue weighted by molar-refractivity contribution is 0.0681. The van der Waals surface area contributed by atoms with Crippen molar-refractivity contribution in [2.45, 2.75) is 58.5 Å².